The van der Waals surface area contributed by atoms with Gasteiger partial charge in [-0.05, 0) is 42.7 Å². The van der Waals surface area contributed by atoms with Gasteiger partial charge in [-0.3, -0.25) is 4.79 Å². The molecule has 1 unspecified atom stereocenters. The van der Waals surface area contributed by atoms with E-state index < -0.39 is 33.8 Å². The highest BCUT2D eigenvalue weighted by Gasteiger charge is 2.44. The van der Waals surface area contributed by atoms with Crippen molar-refractivity contribution < 1.29 is 32.2 Å². The summed E-state index contributed by atoms with van der Waals surface area (Å²) < 4.78 is 53.9. The number of methoxy groups -OCH3 is 1. The number of halogens is 2. The number of benzene rings is 2. The van der Waals surface area contributed by atoms with Crippen molar-refractivity contribution in [1.29, 1.82) is 0 Å². The Morgan fingerprint density at radius 3 is 2.66 bits per heavy atom. The number of aryl methyl sites for hydroxylation is 1. The Morgan fingerprint density at radius 2 is 2.03 bits per heavy atom. The maximum atomic E-state index is 14.8. The highest BCUT2D eigenvalue weighted by molar-refractivity contribution is 7.89. The van der Waals surface area contributed by atoms with E-state index in [0.717, 1.165) is 9.87 Å². The number of ether oxygens (including phenoxy) is 2. The molecule has 1 aliphatic rings. The van der Waals surface area contributed by atoms with Gasteiger partial charge in [-0.2, -0.15) is 4.31 Å². The lowest BCUT2D eigenvalue weighted by molar-refractivity contribution is -0.142. The van der Waals surface area contributed by atoms with Crippen LogP contribution in [-0.2, 0) is 26.2 Å². The molecule has 0 fully saturated rings. The van der Waals surface area contributed by atoms with E-state index in [1.807, 2.05) is 0 Å². The van der Waals surface area contributed by atoms with Crippen molar-refractivity contribution in [2.75, 3.05) is 20.3 Å². The molecule has 0 bridgehead atoms. The molecule has 2 atom stereocenters. The highest BCUT2D eigenvalue weighted by Crippen LogP contribution is 2.39. The van der Waals surface area contributed by atoms with Crippen molar-refractivity contribution in [3.05, 3.63) is 57.4 Å². The van der Waals surface area contributed by atoms with E-state index in [1.165, 1.54) is 32.2 Å². The van der Waals surface area contributed by atoms with Gasteiger partial charge in [0.1, 0.15) is 29.1 Å². The quantitative estimate of drug-likeness (QED) is 0.667. The van der Waals surface area contributed by atoms with Gasteiger partial charge in [-0.25, -0.2) is 12.8 Å². The largest absolute Gasteiger partial charge is 0.491 e. The van der Waals surface area contributed by atoms with E-state index >= 15 is 0 Å². The Balaban J connectivity index is 2.19. The number of rotatable bonds is 6. The molecule has 10 heteroatoms. The van der Waals surface area contributed by atoms with E-state index in [0.29, 0.717) is 5.56 Å². The van der Waals surface area contributed by atoms with Gasteiger partial charge in [-0.15, -0.1) is 0 Å². The number of carbonyl (C=O) groups is 1. The minimum Gasteiger partial charge on any atom is -0.491 e. The topological polar surface area (TPSA) is 93.1 Å². The monoisotopic (exact) mass is 485 g/mol. The Kier molecular flexibility index (Phi) is 7.14. The maximum absolute atomic E-state index is 14.8. The molecular weight excluding hydrogens is 461 g/mol. The third-order valence-electron chi connectivity index (χ3n) is 5.76. The molecule has 0 aliphatic carbocycles. The van der Waals surface area contributed by atoms with Crippen molar-refractivity contribution >= 4 is 27.6 Å². The lowest BCUT2D eigenvalue weighted by Crippen LogP contribution is -2.49. The average Bonchev–Trinajstić information content (AvgIpc) is 2.81. The molecule has 0 aromatic heterocycles. The number of sulfonamides is 1. The van der Waals surface area contributed by atoms with Crippen LogP contribution >= 0.6 is 11.6 Å². The summed E-state index contributed by atoms with van der Waals surface area (Å²) in [5, 5.41) is 10.3. The summed E-state index contributed by atoms with van der Waals surface area (Å²) in [7, 11) is -2.95. The predicted octanol–water partition coefficient (Wildman–Crippen LogP) is 3.88. The van der Waals surface area contributed by atoms with Crippen LogP contribution in [0.1, 0.15) is 35.1 Å². The van der Waals surface area contributed by atoms with Crippen LogP contribution in [0.2, 0.25) is 5.02 Å². The van der Waals surface area contributed by atoms with Gasteiger partial charge >= 0.3 is 5.97 Å². The number of aliphatic carboxylic acids is 1. The van der Waals surface area contributed by atoms with Gasteiger partial charge in [0, 0.05) is 36.2 Å². The Bertz CT molecular complexity index is 1150. The van der Waals surface area contributed by atoms with Crippen molar-refractivity contribution in [3.8, 4) is 5.75 Å². The summed E-state index contributed by atoms with van der Waals surface area (Å²) in [5.74, 6) is -2.90. The lowest BCUT2D eigenvalue weighted by Gasteiger charge is -2.32. The summed E-state index contributed by atoms with van der Waals surface area (Å²) in [6, 6.07) is 4.12. The predicted molar refractivity (Wildman–Crippen MR) is 117 cm³/mol. The normalized spacial score (nSPS) is 17.7. The molecule has 32 heavy (non-hydrogen) atoms. The fraction of sp³-hybridized carbons (Fsp3) is 0.409. The average molecular weight is 486 g/mol. The first kappa shape index (κ1) is 24.4. The summed E-state index contributed by atoms with van der Waals surface area (Å²) >= 11 is 6.11. The minimum absolute atomic E-state index is 0.0294. The van der Waals surface area contributed by atoms with Crippen LogP contribution in [0.25, 0.3) is 0 Å². The van der Waals surface area contributed by atoms with Crippen LogP contribution in [0.3, 0.4) is 0 Å². The maximum Gasteiger partial charge on any atom is 0.322 e. The number of nitrogens with zero attached hydrogens (tertiary/aromatic N) is 1. The van der Waals surface area contributed by atoms with Gasteiger partial charge in [0.15, 0.2) is 0 Å². The van der Waals surface area contributed by atoms with Crippen LogP contribution in [0.4, 0.5) is 4.39 Å². The smallest absolute Gasteiger partial charge is 0.322 e. The number of carboxylic acids is 1. The fourth-order valence-corrected chi connectivity index (χ4v) is 6.34. The molecule has 2 aromatic rings. The van der Waals surface area contributed by atoms with Crippen molar-refractivity contribution in [1.82, 2.24) is 4.31 Å². The third-order valence-corrected chi connectivity index (χ3v) is 7.98. The van der Waals surface area contributed by atoms with Crippen LogP contribution in [0, 0.1) is 19.7 Å². The summed E-state index contributed by atoms with van der Waals surface area (Å²) in [4.78, 5) is 12.2. The zero-order valence-electron chi connectivity index (χ0n) is 18.2. The van der Waals surface area contributed by atoms with E-state index in [1.54, 1.807) is 19.9 Å². The summed E-state index contributed by atoms with van der Waals surface area (Å²) in [5.41, 5.74) is 1.78. The molecule has 174 valence electrons. The van der Waals surface area contributed by atoms with Crippen LogP contribution in [0.15, 0.2) is 29.2 Å². The van der Waals surface area contributed by atoms with Gasteiger partial charge < -0.3 is 14.6 Å². The van der Waals surface area contributed by atoms with E-state index in [4.69, 9.17) is 21.1 Å². The van der Waals surface area contributed by atoms with E-state index in [2.05, 4.69) is 0 Å². The summed E-state index contributed by atoms with van der Waals surface area (Å²) in [6.07, 6.45) is 0. The standard InChI is InChI=1S/C22H25ClFNO6S/c1-12-5-6-17(24)19(13(12)2)14(3)20(22(26)27)25-7-8-31-18-10-16(23)9-15(11-30-4)21(18)32(25,28)29/h5-6,9-10,14,20H,7-8,11H2,1-4H3,(H,26,27)/t14?,20-/m0/s1. The first-order valence-corrected chi connectivity index (χ1v) is 11.8. The first-order valence-electron chi connectivity index (χ1n) is 9.95. The third kappa shape index (κ3) is 4.34. The SMILES string of the molecule is COCc1cc(Cl)cc2c1S(=O)(=O)N([C@H](C(=O)O)C(C)c1c(F)ccc(C)c1C)CCO2. The van der Waals surface area contributed by atoms with E-state index in [9.17, 15) is 22.7 Å². The van der Waals surface area contributed by atoms with Gasteiger partial charge in [0.05, 0.1) is 6.61 Å². The minimum atomic E-state index is -4.36. The first-order chi connectivity index (χ1) is 15.0. The van der Waals surface area contributed by atoms with Gasteiger partial charge in [0.25, 0.3) is 0 Å². The second-order valence-corrected chi connectivity index (χ2v) is 10.0. The van der Waals surface area contributed by atoms with Crippen molar-refractivity contribution in [2.45, 2.75) is 44.2 Å². The second kappa shape index (κ2) is 9.35. The van der Waals surface area contributed by atoms with Crippen LogP contribution in [0.5, 0.6) is 5.75 Å². The Labute approximate surface area is 191 Å². The molecule has 0 amide bonds. The van der Waals surface area contributed by atoms with E-state index in [-0.39, 0.29) is 46.6 Å². The van der Waals surface area contributed by atoms with Crippen molar-refractivity contribution in [2.24, 2.45) is 0 Å². The van der Waals surface area contributed by atoms with Crippen molar-refractivity contribution in [3.63, 3.8) is 0 Å². The Hall–Kier alpha value is -2.20. The number of hydrogen-bond donors (Lipinski definition) is 1. The Morgan fingerprint density at radius 1 is 1.34 bits per heavy atom. The molecule has 0 spiro atoms. The second-order valence-electron chi connectivity index (χ2n) is 7.76. The molecule has 7 nitrogen and oxygen atoms in total. The van der Waals surface area contributed by atoms with Gasteiger partial charge in [0.2, 0.25) is 10.0 Å². The fourth-order valence-electron chi connectivity index (χ4n) is 4.16. The number of carboxylic acid groups (broad SMARTS) is 1. The van der Waals surface area contributed by atoms with Crippen LogP contribution in [-0.4, -0.2) is 50.1 Å². The molecular formula is C22H25ClFNO6S. The molecule has 0 radical (unpaired) electrons. The van der Waals surface area contributed by atoms with Crippen LogP contribution < -0.4 is 4.74 Å². The number of hydrogen-bond acceptors (Lipinski definition) is 5. The molecule has 2 aromatic carbocycles. The zero-order valence-corrected chi connectivity index (χ0v) is 19.8. The molecule has 1 N–H and O–H groups in total. The highest BCUT2D eigenvalue weighted by atomic mass is 35.5. The molecule has 3 rings (SSSR count). The zero-order chi connectivity index (χ0) is 23.8. The molecule has 1 aliphatic heterocycles. The number of fused-ring (bicyclic) bond motifs is 1. The molecule has 0 saturated carbocycles. The lowest BCUT2D eigenvalue weighted by atomic mass is 9.87. The summed E-state index contributed by atoms with van der Waals surface area (Å²) in [6.45, 7) is 4.60. The molecule has 0 saturated heterocycles. The van der Waals surface area contributed by atoms with Gasteiger partial charge in [-0.1, -0.05) is 24.6 Å². The molecule has 1 heterocycles.